The van der Waals surface area contributed by atoms with Crippen molar-refractivity contribution in [2.45, 2.75) is 13.5 Å². The van der Waals surface area contributed by atoms with Gasteiger partial charge in [0, 0.05) is 37.4 Å². The molecule has 0 spiro atoms. The number of anilines is 1. The van der Waals surface area contributed by atoms with Crippen LogP contribution in [0.4, 0.5) is 10.1 Å². The van der Waals surface area contributed by atoms with Gasteiger partial charge in [0.1, 0.15) is 5.82 Å². The zero-order valence-electron chi connectivity index (χ0n) is 18.3. The van der Waals surface area contributed by atoms with Gasteiger partial charge in [-0.2, -0.15) is 0 Å². The van der Waals surface area contributed by atoms with Crippen LogP contribution in [0.3, 0.4) is 0 Å². The molecule has 6 nitrogen and oxygen atoms in total. The van der Waals surface area contributed by atoms with Crippen LogP contribution in [0.5, 0.6) is 0 Å². The Morgan fingerprint density at radius 3 is 2.33 bits per heavy atom. The molecule has 1 aliphatic heterocycles. The average Bonchev–Trinajstić information content (AvgIpc) is 3.15. The third-order valence-corrected chi connectivity index (χ3v) is 6.13. The molecule has 0 radical (unpaired) electrons. The smallest absolute Gasteiger partial charge is 0.408 e. The minimum absolute atomic E-state index is 0.0776. The number of rotatable bonds is 4. The predicted octanol–water partition coefficient (Wildman–Crippen LogP) is 4.05. The maximum absolute atomic E-state index is 13.2. The third kappa shape index (κ3) is 4.26. The Balaban J connectivity index is 1.34. The number of amides is 1. The van der Waals surface area contributed by atoms with Crippen molar-refractivity contribution in [3.05, 3.63) is 99.8 Å². The van der Waals surface area contributed by atoms with Gasteiger partial charge in [0.25, 0.3) is 5.91 Å². The summed E-state index contributed by atoms with van der Waals surface area (Å²) in [6.45, 7) is 4.86. The maximum atomic E-state index is 13.2. The Morgan fingerprint density at radius 2 is 1.64 bits per heavy atom. The van der Waals surface area contributed by atoms with Gasteiger partial charge in [0.15, 0.2) is 5.58 Å². The van der Waals surface area contributed by atoms with Crippen LogP contribution in [-0.4, -0.2) is 41.6 Å². The summed E-state index contributed by atoms with van der Waals surface area (Å²) in [5, 5.41) is 0. The fraction of sp³-hybridized carbons (Fsp3) is 0.231. The van der Waals surface area contributed by atoms with Crippen LogP contribution in [0.2, 0.25) is 0 Å². The summed E-state index contributed by atoms with van der Waals surface area (Å²) in [5.74, 6) is -0.780. The molecule has 1 aliphatic rings. The standard InChI is InChI=1S/C26H24FN3O3/c1-18-2-4-19(5-3-18)17-30-23-16-20(6-11-24(23)33-26(30)32)25(31)29-14-12-28(13-15-29)22-9-7-21(27)8-10-22/h2-11,16H,12-15,17H2,1H3. The zero-order chi connectivity index (χ0) is 22.9. The zero-order valence-corrected chi connectivity index (χ0v) is 18.3. The van der Waals surface area contributed by atoms with Crippen LogP contribution in [0.15, 0.2) is 75.9 Å². The van der Waals surface area contributed by atoms with Gasteiger partial charge < -0.3 is 14.2 Å². The molecule has 7 heteroatoms. The van der Waals surface area contributed by atoms with Crippen molar-refractivity contribution < 1.29 is 13.6 Å². The Kier molecular flexibility index (Phi) is 5.46. The lowest BCUT2D eigenvalue weighted by atomic mass is 10.1. The highest BCUT2D eigenvalue weighted by atomic mass is 19.1. The predicted molar refractivity (Wildman–Crippen MR) is 125 cm³/mol. The molecule has 0 bridgehead atoms. The number of aryl methyl sites for hydroxylation is 1. The van der Waals surface area contributed by atoms with Crippen molar-refractivity contribution in [2.75, 3.05) is 31.1 Å². The topological polar surface area (TPSA) is 58.7 Å². The molecule has 1 fully saturated rings. The lowest BCUT2D eigenvalue weighted by molar-refractivity contribution is 0.0747. The van der Waals surface area contributed by atoms with E-state index in [0.717, 1.165) is 16.8 Å². The molecule has 1 amide bonds. The Morgan fingerprint density at radius 1 is 0.939 bits per heavy atom. The van der Waals surface area contributed by atoms with Crippen LogP contribution in [0.25, 0.3) is 11.1 Å². The van der Waals surface area contributed by atoms with E-state index in [-0.39, 0.29) is 11.7 Å². The summed E-state index contributed by atoms with van der Waals surface area (Å²) in [5.41, 5.74) is 4.68. The molecule has 168 valence electrons. The van der Waals surface area contributed by atoms with Crippen molar-refractivity contribution in [1.82, 2.24) is 9.47 Å². The molecule has 1 aromatic heterocycles. The van der Waals surface area contributed by atoms with Crippen molar-refractivity contribution in [2.24, 2.45) is 0 Å². The van der Waals surface area contributed by atoms with Crippen LogP contribution in [0, 0.1) is 12.7 Å². The van der Waals surface area contributed by atoms with E-state index in [1.54, 1.807) is 34.9 Å². The normalized spacial score (nSPS) is 14.1. The quantitative estimate of drug-likeness (QED) is 0.476. The van der Waals surface area contributed by atoms with Gasteiger partial charge in [-0.25, -0.2) is 9.18 Å². The van der Waals surface area contributed by atoms with Gasteiger partial charge in [0.2, 0.25) is 0 Å². The molecule has 33 heavy (non-hydrogen) atoms. The second-order valence-electron chi connectivity index (χ2n) is 8.38. The van der Waals surface area contributed by atoms with Crippen molar-refractivity contribution in [3.8, 4) is 0 Å². The molecule has 4 aromatic rings. The largest absolute Gasteiger partial charge is 0.420 e. The molecule has 0 aliphatic carbocycles. The van der Waals surface area contributed by atoms with Gasteiger partial charge in [-0.15, -0.1) is 0 Å². The highest BCUT2D eigenvalue weighted by Gasteiger charge is 2.23. The first kappa shape index (κ1) is 21.0. The summed E-state index contributed by atoms with van der Waals surface area (Å²) in [4.78, 5) is 29.6. The van der Waals surface area contributed by atoms with E-state index in [0.29, 0.717) is 49.4 Å². The fourth-order valence-electron chi connectivity index (χ4n) is 4.22. The number of halogens is 1. The number of hydrogen-bond donors (Lipinski definition) is 0. The minimum Gasteiger partial charge on any atom is -0.408 e. The van der Waals surface area contributed by atoms with E-state index in [9.17, 15) is 14.0 Å². The summed E-state index contributed by atoms with van der Waals surface area (Å²) < 4.78 is 20.1. The molecule has 0 saturated carbocycles. The van der Waals surface area contributed by atoms with Gasteiger partial charge in [-0.05, 0) is 55.0 Å². The lowest BCUT2D eigenvalue weighted by Crippen LogP contribution is -2.48. The fourth-order valence-corrected chi connectivity index (χ4v) is 4.22. The van der Waals surface area contributed by atoms with Crippen LogP contribution in [-0.2, 0) is 6.54 Å². The van der Waals surface area contributed by atoms with Crippen molar-refractivity contribution in [3.63, 3.8) is 0 Å². The highest BCUT2D eigenvalue weighted by Crippen LogP contribution is 2.21. The molecule has 0 N–H and O–H groups in total. The van der Waals surface area contributed by atoms with Crippen molar-refractivity contribution in [1.29, 1.82) is 0 Å². The molecule has 1 saturated heterocycles. The second kappa shape index (κ2) is 8.58. The van der Waals surface area contributed by atoms with Gasteiger partial charge in [-0.3, -0.25) is 9.36 Å². The summed E-state index contributed by atoms with van der Waals surface area (Å²) in [7, 11) is 0. The number of aromatic nitrogens is 1. The number of nitrogens with zero attached hydrogens (tertiary/aromatic N) is 3. The number of oxazole rings is 1. The number of piperazine rings is 1. The molecule has 0 unspecified atom stereocenters. The number of hydrogen-bond acceptors (Lipinski definition) is 4. The second-order valence-corrected chi connectivity index (χ2v) is 8.38. The van der Waals surface area contributed by atoms with E-state index in [2.05, 4.69) is 4.90 Å². The highest BCUT2D eigenvalue weighted by molar-refractivity contribution is 5.97. The Hall–Kier alpha value is -3.87. The lowest BCUT2D eigenvalue weighted by Gasteiger charge is -2.36. The van der Waals surface area contributed by atoms with E-state index >= 15 is 0 Å². The van der Waals surface area contributed by atoms with E-state index < -0.39 is 5.76 Å². The molecule has 3 aromatic carbocycles. The summed E-state index contributed by atoms with van der Waals surface area (Å²) in [6, 6.07) is 19.5. The minimum atomic E-state index is -0.442. The molecule has 2 heterocycles. The molecule has 0 atom stereocenters. The van der Waals surface area contributed by atoms with E-state index in [1.807, 2.05) is 36.1 Å². The number of carbonyl (C=O) groups excluding carboxylic acids is 1. The molecule has 5 rings (SSSR count). The first-order valence-corrected chi connectivity index (χ1v) is 11.0. The Bertz CT molecular complexity index is 1350. The first-order chi connectivity index (χ1) is 16.0. The average molecular weight is 445 g/mol. The first-order valence-electron chi connectivity index (χ1n) is 11.0. The van der Waals surface area contributed by atoms with Crippen LogP contribution < -0.4 is 10.7 Å². The van der Waals surface area contributed by atoms with E-state index in [4.69, 9.17) is 4.42 Å². The molecular weight excluding hydrogens is 421 g/mol. The third-order valence-electron chi connectivity index (χ3n) is 6.13. The molecular formula is C26H24FN3O3. The summed E-state index contributed by atoms with van der Waals surface area (Å²) >= 11 is 0. The Labute approximate surface area is 190 Å². The number of fused-ring (bicyclic) bond motifs is 1. The van der Waals surface area contributed by atoms with Gasteiger partial charge >= 0.3 is 5.76 Å². The van der Waals surface area contributed by atoms with Crippen molar-refractivity contribution >= 4 is 22.7 Å². The maximum Gasteiger partial charge on any atom is 0.420 e. The van der Waals surface area contributed by atoms with Crippen LogP contribution >= 0.6 is 0 Å². The monoisotopic (exact) mass is 445 g/mol. The SMILES string of the molecule is Cc1ccc(Cn2c(=O)oc3ccc(C(=O)N4CCN(c5ccc(F)cc5)CC4)cc32)cc1. The van der Waals surface area contributed by atoms with Crippen LogP contribution in [0.1, 0.15) is 21.5 Å². The van der Waals surface area contributed by atoms with E-state index in [1.165, 1.54) is 12.1 Å². The number of carbonyl (C=O) groups is 1. The number of benzene rings is 3. The summed E-state index contributed by atoms with van der Waals surface area (Å²) in [6.07, 6.45) is 0. The van der Waals surface area contributed by atoms with Gasteiger partial charge in [-0.1, -0.05) is 29.8 Å². The van der Waals surface area contributed by atoms with Gasteiger partial charge in [0.05, 0.1) is 12.1 Å².